The summed E-state index contributed by atoms with van der Waals surface area (Å²) in [6.07, 6.45) is 0.707. The molecule has 1 aromatic carbocycles. The zero-order valence-electron chi connectivity index (χ0n) is 10.8. The molecule has 2 N–H and O–H groups in total. The standard InChI is InChI=1S/C14H14FN3OS/c15-10-3-1-2-4-12(10)20-8-13-17-11-7-16-6-5-9(11)14(19)18-13/h1-4,16H,5-8H2,(H,17,18,19). The number of benzene rings is 1. The summed E-state index contributed by atoms with van der Waals surface area (Å²) in [6.45, 7) is 1.43. The van der Waals surface area contributed by atoms with Crippen molar-refractivity contribution in [3.63, 3.8) is 0 Å². The molecule has 1 aromatic heterocycles. The third-order valence-corrected chi connectivity index (χ3v) is 4.26. The number of thioether (sulfide) groups is 1. The van der Waals surface area contributed by atoms with E-state index in [1.165, 1.54) is 17.8 Å². The molecule has 1 aliphatic rings. The molecule has 6 heteroatoms. The molecular formula is C14H14FN3OS. The molecular weight excluding hydrogens is 277 g/mol. The zero-order chi connectivity index (χ0) is 13.9. The molecule has 0 amide bonds. The lowest BCUT2D eigenvalue weighted by Gasteiger charge is -2.15. The van der Waals surface area contributed by atoms with Crippen molar-refractivity contribution in [2.45, 2.75) is 23.6 Å². The van der Waals surface area contributed by atoms with Crippen molar-refractivity contribution in [1.82, 2.24) is 15.3 Å². The number of rotatable bonds is 3. The van der Waals surface area contributed by atoms with E-state index in [1.807, 2.05) is 0 Å². The summed E-state index contributed by atoms with van der Waals surface area (Å²) in [5.41, 5.74) is 1.51. The summed E-state index contributed by atoms with van der Waals surface area (Å²) in [4.78, 5) is 19.8. The smallest absolute Gasteiger partial charge is 0.254 e. The van der Waals surface area contributed by atoms with Gasteiger partial charge in [0, 0.05) is 17.0 Å². The number of halogens is 1. The summed E-state index contributed by atoms with van der Waals surface area (Å²) in [5, 5.41) is 3.20. The molecule has 1 aliphatic heterocycles. The highest BCUT2D eigenvalue weighted by atomic mass is 32.2. The molecule has 20 heavy (non-hydrogen) atoms. The molecule has 0 spiro atoms. The third kappa shape index (κ3) is 2.76. The predicted octanol–water partition coefficient (Wildman–Crippen LogP) is 1.85. The molecule has 3 rings (SSSR count). The number of hydrogen-bond donors (Lipinski definition) is 2. The van der Waals surface area contributed by atoms with Gasteiger partial charge < -0.3 is 10.3 Å². The van der Waals surface area contributed by atoms with Gasteiger partial charge in [-0.15, -0.1) is 11.8 Å². The molecule has 0 unspecified atom stereocenters. The quantitative estimate of drug-likeness (QED) is 0.847. The van der Waals surface area contributed by atoms with E-state index in [-0.39, 0.29) is 11.4 Å². The lowest BCUT2D eigenvalue weighted by atomic mass is 10.1. The molecule has 0 radical (unpaired) electrons. The molecule has 0 atom stereocenters. The summed E-state index contributed by atoms with van der Waals surface area (Å²) in [7, 11) is 0. The molecule has 104 valence electrons. The summed E-state index contributed by atoms with van der Waals surface area (Å²) < 4.78 is 13.5. The first-order chi connectivity index (χ1) is 9.74. The highest BCUT2D eigenvalue weighted by Crippen LogP contribution is 2.24. The number of fused-ring (bicyclic) bond motifs is 1. The van der Waals surface area contributed by atoms with Crippen molar-refractivity contribution < 1.29 is 4.39 Å². The van der Waals surface area contributed by atoms with Crippen LogP contribution in [0, 0.1) is 5.82 Å². The average molecular weight is 291 g/mol. The first-order valence-electron chi connectivity index (χ1n) is 6.43. The van der Waals surface area contributed by atoms with Crippen LogP contribution in [0.1, 0.15) is 17.1 Å². The summed E-state index contributed by atoms with van der Waals surface area (Å²) in [5.74, 6) is 0.786. The van der Waals surface area contributed by atoms with Gasteiger partial charge in [-0.25, -0.2) is 9.37 Å². The van der Waals surface area contributed by atoms with E-state index in [1.54, 1.807) is 18.2 Å². The average Bonchev–Trinajstić information content (AvgIpc) is 2.46. The van der Waals surface area contributed by atoms with Crippen LogP contribution in [-0.2, 0) is 18.7 Å². The van der Waals surface area contributed by atoms with E-state index in [2.05, 4.69) is 15.3 Å². The lowest BCUT2D eigenvalue weighted by Crippen LogP contribution is -2.31. The van der Waals surface area contributed by atoms with Gasteiger partial charge in [-0.3, -0.25) is 4.79 Å². The van der Waals surface area contributed by atoms with E-state index in [9.17, 15) is 9.18 Å². The van der Waals surface area contributed by atoms with Crippen LogP contribution in [-0.4, -0.2) is 16.5 Å². The second-order valence-electron chi connectivity index (χ2n) is 4.58. The minimum absolute atomic E-state index is 0.0689. The normalized spacial score (nSPS) is 14.1. The van der Waals surface area contributed by atoms with Crippen LogP contribution in [0.2, 0.25) is 0 Å². The van der Waals surface area contributed by atoms with Gasteiger partial charge in [0.2, 0.25) is 0 Å². The second kappa shape index (κ2) is 5.76. The second-order valence-corrected chi connectivity index (χ2v) is 5.60. The SMILES string of the molecule is O=c1[nH]c(CSc2ccccc2F)nc2c1CCNC2. The Kier molecular flexibility index (Phi) is 3.84. The molecule has 0 aliphatic carbocycles. The summed E-state index contributed by atoms with van der Waals surface area (Å²) >= 11 is 1.33. The number of nitrogens with one attached hydrogen (secondary N) is 2. The van der Waals surface area contributed by atoms with Gasteiger partial charge in [-0.05, 0) is 25.1 Å². The third-order valence-electron chi connectivity index (χ3n) is 3.20. The zero-order valence-corrected chi connectivity index (χ0v) is 11.6. The van der Waals surface area contributed by atoms with E-state index in [4.69, 9.17) is 0 Å². The van der Waals surface area contributed by atoms with Crippen molar-refractivity contribution in [2.24, 2.45) is 0 Å². The van der Waals surface area contributed by atoms with Crippen LogP contribution in [0.4, 0.5) is 4.39 Å². The molecule has 0 saturated heterocycles. The molecule has 4 nitrogen and oxygen atoms in total. The van der Waals surface area contributed by atoms with E-state index in [0.717, 1.165) is 17.8 Å². The first-order valence-corrected chi connectivity index (χ1v) is 7.41. The van der Waals surface area contributed by atoms with Crippen LogP contribution in [0.25, 0.3) is 0 Å². The Morgan fingerprint density at radius 1 is 1.35 bits per heavy atom. The van der Waals surface area contributed by atoms with Crippen molar-refractivity contribution in [1.29, 1.82) is 0 Å². The predicted molar refractivity (Wildman–Crippen MR) is 76.2 cm³/mol. The highest BCUT2D eigenvalue weighted by molar-refractivity contribution is 7.98. The van der Waals surface area contributed by atoms with Crippen molar-refractivity contribution >= 4 is 11.8 Å². The molecule has 2 aromatic rings. The Bertz CT molecular complexity index is 686. The number of aromatic amines is 1. The maximum absolute atomic E-state index is 13.5. The van der Waals surface area contributed by atoms with Gasteiger partial charge in [-0.1, -0.05) is 12.1 Å². The van der Waals surface area contributed by atoms with Crippen LogP contribution in [0.3, 0.4) is 0 Å². The van der Waals surface area contributed by atoms with Gasteiger partial charge in [0.1, 0.15) is 11.6 Å². The van der Waals surface area contributed by atoms with Crippen molar-refractivity contribution in [2.75, 3.05) is 6.54 Å². The maximum Gasteiger partial charge on any atom is 0.254 e. The van der Waals surface area contributed by atoms with Crippen molar-refractivity contribution in [3.05, 3.63) is 57.5 Å². The summed E-state index contributed by atoms with van der Waals surface area (Å²) in [6, 6.07) is 6.59. The lowest BCUT2D eigenvalue weighted by molar-refractivity contribution is 0.601. The Hall–Kier alpha value is -1.66. The van der Waals surface area contributed by atoms with Gasteiger partial charge in [0.05, 0.1) is 11.4 Å². The fourth-order valence-corrected chi connectivity index (χ4v) is 3.01. The Morgan fingerprint density at radius 3 is 3.05 bits per heavy atom. The molecule has 0 bridgehead atoms. The number of hydrogen-bond acceptors (Lipinski definition) is 4. The van der Waals surface area contributed by atoms with Crippen LogP contribution in [0.15, 0.2) is 34.0 Å². The van der Waals surface area contributed by atoms with Gasteiger partial charge in [0.25, 0.3) is 5.56 Å². The fraction of sp³-hybridized carbons (Fsp3) is 0.286. The van der Waals surface area contributed by atoms with Gasteiger partial charge in [-0.2, -0.15) is 0 Å². The minimum atomic E-state index is -0.250. The maximum atomic E-state index is 13.5. The van der Waals surface area contributed by atoms with E-state index in [0.29, 0.717) is 29.4 Å². The molecule has 2 heterocycles. The largest absolute Gasteiger partial charge is 0.311 e. The number of aromatic nitrogens is 2. The van der Waals surface area contributed by atoms with Gasteiger partial charge in [0.15, 0.2) is 0 Å². The Balaban J connectivity index is 1.80. The molecule has 0 saturated carbocycles. The molecule has 0 fully saturated rings. The number of nitrogens with zero attached hydrogens (tertiary/aromatic N) is 1. The Labute approximate surface area is 119 Å². The monoisotopic (exact) mass is 291 g/mol. The first kappa shape index (κ1) is 13.3. The topological polar surface area (TPSA) is 57.8 Å². The minimum Gasteiger partial charge on any atom is -0.311 e. The fourth-order valence-electron chi connectivity index (χ4n) is 2.20. The number of H-pyrrole nitrogens is 1. The van der Waals surface area contributed by atoms with Crippen LogP contribution < -0.4 is 10.9 Å². The van der Waals surface area contributed by atoms with E-state index >= 15 is 0 Å². The van der Waals surface area contributed by atoms with Gasteiger partial charge >= 0.3 is 0 Å². The Morgan fingerprint density at radius 2 is 2.20 bits per heavy atom. The van der Waals surface area contributed by atoms with Crippen LogP contribution in [0.5, 0.6) is 0 Å². The van der Waals surface area contributed by atoms with Crippen molar-refractivity contribution in [3.8, 4) is 0 Å². The van der Waals surface area contributed by atoms with Crippen LogP contribution >= 0.6 is 11.8 Å². The highest BCUT2D eigenvalue weighted by Gasteiger charge is 2.15. The van der Waals surface area contributed by atoms with E-state index < -0.39 is 0 Å².